The minimum atomic E-state index is 0.537. The number of anilines is 1. The van der Waals surface area contributed by atoms with Crippen molar-refractivity contribution in [1.29, 1.82) is 0 Å². The Morgan fingerprint density at radius 3 is 2.83 bits per heavy atom. The summed E-state index contributed by atoms with van der Waals surface area (Å²) in [6.45, 7) is 2.56. The first-order chi connectivity index (χ1) is 11.8. The molecule has 4 rings (SSSR count). The smallest absolute Gasteiger partial charge is 0.150 e. The number of hydrogen-bond acceptors (Lipinski definition) is 5. The van der Waals surface area contributed by atoms with E-state index in [1.807, 2.05) is 37.3 Å². The lowest BCUT2D eigenvalue weighted by atomic mass is 10.1. The van der Waals surface area contributed by atoms with Crippen molar-refractivity contribution in [2.24, 2.45) is 0 Å². The summed E-state index contributed by atoms with van der Waals surface area (Å²) in [5.41, 5.74) is 2.55. The molecule has 0 saturated carbocycles. The van der Waals surface area contributed by atoms with Crippen LogP contribution < -0.4 is 10.1 Å². The summed E-state index contributed by atoms with van der Waals surface area (Å²) < 4.78 is 11.5. The first-order valence-corrected chi connectivity index (χ1v) is 7.91. The normalized spacial score (nSPS) is 11.2. The SMILES string of the molecule is CCc1n[nH]c(CNc2cc3oc4ccccc4c3cc2OC)n1. The van der Waals surface area contributed by atoms with E-state index >= 15 is 0 Å². The van der Waals surface area contributed by atoms with Crippen LogP contribution >= 0.6 is 0 Å². The first kappa shape index (κ1) is 14.6. The lowest BCUT2D eigenvalue weighted by Crippen LogP contribution is -2.03. The van der Waals surface area contributed by atoms with E-state index in [1.165, 1.54) is 0 Å². The number of furan rings is 1. The standard InChI is InChI=1S/C18H18N4O2/c1-3-17-20-18(22-21-17)10-19-13-9-15-12(8-16(13)23-2)11-6-4-5-7-14(11)24-15/h4-9,19H,3,10H2,1-2H3,(H,20,21,22). The summed E-state index contributed by atoms with van der Waals surface area (Å²) in [6, 6.07) is 12.0. The molecule has 2 N–H and O–H groups in total. The van der Waals surface area contributed by atoms with E-state index in [1.54, 1.807) is 7.11 Å². The Bertz CT molecular complexity index is 1000. The second kappa shape index (κ2) is 5.88. The van der Waals surface area contributed by atoms with Crippen LogP contribution in [0.25, 0.3) is 21.9 Å². The van der Waals surface area contributed by atoms with Crippen LogP contribution in [0.4, 0.5) is 5.69 Å². The van der Waals surface area contributed by atoms with Crippen LogP contribution in [0.15, 0.2) is 40.8 Å². The molecule has 122 valence electrons. The minimum absolute atomic E-state index is 0.537. The van der Waals surface area contributed by atoms with Gasteiger partial charge in [-0.3, -0.25) is 5.10 Å². The molecule has 0 amide bonds. The van der Waals surface area contributed by atoms with E-state index in [9.17, 15) is 0 Å². The van der Waals surface area contributed by atoms with Crippen molar-refractivity contribution < 1.29 is 9.15 Å². The highest BCUT2D eigenvalue weighted by Crippen LogP contribution is 2.36. The van der Waals surface area contributed by atoms with E-state index < -0.39 is 0 Å². The average molecular weight is 322 g/mol. The number of methoxy groups -OCH3 is 1. The van der Waals surface area contributed by atoms with Crippen LogP contribution in [0.2, 0.25) is 0 Å². The van der Waals surface area contributed by atoms with Crippen molar-refractivity contribution in [1.82, 2.24) is 15.2 Å². The molecule has 0 aliphatic rings. The van der Waals surface area contributed by atoms with Crippen molar-refractivity contribution in [2.75, 3.05) is 12.4 Å². The van der Waals surface area contributed by atoms with Crippen LogP contribution in [0, 0.1) is 0 Å². The van der Waals surface area contributed by atoms with Crippen molar-refractivity contribution in [3.05, 3.63) is 48.0 Å². The Labute approximate surface area is 138 Å². The molecular formula is C18H18N4O2. The number of H-pyrrole nitrogens is 1. The number of fused-ring (bicyclic) bond motifs is 3. The molecule has 2 aromatic heterocycles. The summed E-state index contributed by atoms with van der Waals surface area (Å²) in [7, 11) is 1.66. The zero-order valence-electron chi connectivity index (χ0n) is 13.6. The van der Waals surface area contributed by atoms with Crippen LogP contribution in [0.1, 0.15) is 18.6 Å². The summed E-state index contributed by atoms with van der Waals surface area (Å²) >= 11 is 0. The molecule has 0 atom stereocenters. The van der Waals surface area contributed by atoms with Crippen LogP contribution in [-0.2, 0) is 13.0 Å². The Morgan fingerprint density at radius 2 is 2.04 bits per heavy atom. The third kappa shape index (κ3) is 2.46. The molecule has 4 aromatic rings. The van der Waals surface area contributed by atoms with Gasteiger partial charge in [-0.25, -0.2) is 4.98 Å². The lowest BCUT2D eigenvalue weighted by molar-refractivity contribution is 0.417. The van der Waals surface area contributed by atoms with Crippen molar-refractivity contribution in [3.8, 4) is 5.75 Å². The molecule has 0 fully saturated rings. The summed E-state index contributed by atoms with van der Waals surface area (Å²) in [5.74, 6) is 2.37. The summed E-state index contributed by atoms with van der Waals surface area (Å²) in [4.78, 5) is 4.40. The Kier molecular flexibility index (Phi) is 3.57. The predicted molar refractivity (Wildman–Crippen MR) is 93.4 cm³/mol. The number of aryl methyl sites for hydroxylation is 1. The zero-order valence-corrected chi connectivity index (χ0v) is 13.6. The van der Waals surface area contributed by atoms with Gasteiger partial charge in [-0.2, -0.15) is 5.10 Å². The van der Waals surface area contributed by atoms with Crippen molar-refractivity contribution in [2.45, 2.75) is 19.9 Å². The van der Waals surface area contributed by atoms with E-state index in [0.29, 0.717) is 6.54 Å². The maximum absolute atomic E-state index is 5.93. The van der Waals surface area contributed by atoms with Crippen LogP contribution in [0.5, 0.6) is 5.75 Å². The van der Waals surface area contributed by atoms with Gasteiger partial charge in [-0.15, -0.1) is 0 Å². The summed E-state index contributed by atoms with van der Waals surface area (Å²) in [6.07, 6.45) is 0.810. The van der Waals surface area contributed by atoms with Gasteiger partial charge in [0.05, 0.1) is 19.3 Å². The van der Waals surface area contributed by atoms with E-state index in [2.05, 4.69) is 26.6 Å². The second-order valence-corrected chi connectivity index (χ2v) is 5.55. The fraction of sp³-hybridized carbons (Fsp3) is 0.222. The number of hydrogen-bond donors (Lipinski definition) is 2. The van der Waals surface area contributed by atoms with Crippen LogP contribution in [-0.4, -0.2) is 22.3 Å². The van der Waals surface area contributed by atoms with Crippen molar-refractivity contribution >= 4 is 27.6 Å². The van der Waals surface area contributed by atoms with Gasteiger partial charge >= 0.3 is 0 Å². The van der Waals surface area contributed by atoms with Gasteiger partial charge in [0.1, 0.15) is 22.7 Å². The lowest BCUT2D eigenvalue weighted by Gasteiger charge is -2.10. The molecule has 0 bridgehead atoms. The highest BCUT2D eigenvalue weighted by atomic mass is 16.5. The Morgan fingerprint density at radius 1 is 1.17 bits per heavy atom. The molecule has 6 nitrogen and oxygen atoms in total. The van der Waals surface area contributed by atoms with Gasteiger partial charge in [0, 0.05) is 23.3 Å². The second-order valence-electron chi connectivity index (χ2n) is 5.55. The molecule has 6 heteroatoms. The monoisotopic (exact) mass is 322 g/mol. The molecule has 0 spiro atoms. The van der Waals surface area contributed by atoms with E-state index in [0.717, 1.165) is 51.4 Å². The Hall–Kier alpha value is -3.02. The number of rotatable bonds is 5. The number of nitrogens with one attached hydrogen (secondary N) is 2. The molecule has 0 aliphatic carbocycles. The third-order valence-corrected chi connectivity index (χ3v) is 4.04. The largest absolute Gasteiger partial charge is 0.495 e. The van der Waals surface area contributed by atoms with Gasteiger partial charge < -0.3 is 14.5 Å². The van der Waals surface area contributed by atoms with E-state index in [4.69, 9.17) is 9.15 Å². The van der Waals surface area contributed by atoms with Crippen molar-refractivity contribution in [3.63, 3.8) is 0 Å². The van der Waals surface area contributed by atoms with Gasteiger partial charge in [0.25, 0.3) is 0 Å². The molecule has 0 radical (unpaired) electrons. The topological polar surface area (TPSA) is 76.0 Å². The molecule has 2 aromatic carbocycles. The van der Waals surface area contributed by atoms with Gasteiger partial charge in [-0.1, -0.05) is 25.1 Å². The number of ether oxygens (including phenoxy) is 1. The molecule has 0 unspecified atom stereocenters. The van der Waals surface area contributed by atoms with Gasteiger partial charge in [0.15, 0.2) is 5.82 Å². The maximum atomic E-state index is 5.93. The number of nitrogens with zero attached hydrogens (tertiary/aromatic N) is 2. The highest BCUT2D eigenvalue weighted by molar-refractivity contribution is 6.06. The predicted octanol–water partition coefficient (Wildman–Crippen LogP) is 3.89. The number of aromatic nitrogens is 3. The number of aromatic amines is 1. The fourth-order valence-electron chi connectivity index (χ4n) is 2.81. The average Bonchev–Trinajstić information content (AvgIpc) is 3.22. The zero-order chi connectivity index (χ0) is 16.5. The molecule has 2 heterocycles. The molecule has 0 aliphatic heterocycles. The Balaban J connectivity index is 1.69. The number of benzene rings is 2. The van der Waals surface area contributed by atoms with Gasteiger partial charge in [-0.05, 0) is 12.1 Å². The maximum Gasteiger partial charge on any atom is 0.150 e. The van der Waals surface area contributed by atoms with Crippen LogP contribution in [0.3, 0.4) is 0 Å². The molecule has 24 heavy (non-hydrogen) atoms. The minimum Gasteiger partial charge on any atom is -0.495 e. The van der Waals surface area contributed by atoms with E-state index in [-0.39, 0.29) is 0 Å². The third-order valence-electron chi connectivity index (χ3n) is 4.04. The summed E-state index contributed by atoms with van der Waals surface area (Å²) in [5, 5.41) is 12.5. The highest BCUT2D eigenvalue weighted by Gasteiger charge is 2.12. The van der Waals surface area contributed by atoms with Gasteiger partial charge in [0.2, 0.25) is 0 Å². The first-order valence-electron chi connectivity index (χ1n) is 7.91. The quantitative estimate of drug-likeness (QED) is 0.583. The molecular weight excluding hydrogens is 304 g/mol. The molecule has 0 saturated heterocycles. The fourth-order valence-corrected chi connectivity index (χ4v) is 2.81. The number of para-hydroxylation sites is 1.